The lowest BCUT2D eigenvalue weighted by molar-refractivity contribution is -0.0989. The third-order valence-corrected chi connectivity index (χ3v) is 3.12. The van der Waals surface area contributed by atoms with Crippen LogP contribution in [0.4, 0.5) is 0 Å². The van der Waals surface area contributed by atoms with Crippen LogP contribution in [0.1, 0.15) is 46.0 Å². The van der Waals surface area contributed by atoms with Crippen LogP contribution >= 0.6 is 0 Å². The highest BCUT2D eigenvalue weighted by Gasteiger charge is 2.35. The molecule has 0 atom stereocenters. The molecule has 0 aromatic rings. The summed E-state index contributed by atoms with van der Waals surface area (Å²) in [6.45, 7) is 4.85. The van der Waals surface area contributed by atoms with Crippen LogP contribution in [-0.4, -0.2) is 12.3 Å². The number of ether oxygens (including phenoxy) is 1. The van der Waals surface area contributed by atoms with Gasteiger partial charge in [-0.1, -0.05) is 33.1 Å². The molecule has 0 amide bonds. The second kappa shape index (κ2) is 4.24. The molecule has 0 aromatic heterocycles. The molecule has 1 aliphatic carbocycles. The first-order valence-electron chi connectivity index (χ1n) is 5.05. The zero-order valence-electron chi connectivity index (χ0n) is 8.31. The van der Waals surface area contributed by atoms with Crippen molar-refractivity contribution in [3.8, 4) is 0 Å². The fourth-order valence-electron chi connectivity index (χ4n) is 2.20. The first-order valence-corrected chi connectivity index (χ1v) is 5.05. The molecule has 1 aliphatic rings. The smallest absolute Gasteiger partial charge is 0.0948 e. The van der Waals surface area contributed by atoms with Gasteiger partial charge in [-0.15, -0.1) is 0 Å². The van der Waals surface area contributed by atoms with E-state index in [1.807, 2.05) is 0 Å². The fraction of sp³-hybridized carbons (Fsp3) is 1.00. The summed E-state index contributed by atoms with van der Waals surface area (Å²) in [6.07, 6.45) is 6.36. The number of nitrogens with two attached hydrogens (primary N) is 1. The minimum atomic E-state index is 0.104. The van der Waals surface area contributed by atoms with Gasteiger partial charge in [-0.05, 0) is 18.8 Å². The van der Waals surface area contributed by atoms with Crippen molar-refractivity contribution in [1.82, 2.24) is 0 Å². The Labute approximate surface area is 75.5 Å². The molecule has 12 heavy (non-hydrogen) atoms. The number of rotatable bonds is 3. The van der Waals surface area contributed by atoms with E-state index < -0.39 is 0 Å². The summed E-state index contributed by atoms with van der Waals surface area (Å²) in [5.41, 5.74) is 5.56. The number of hydrogen-bond acceptors (Lipinski definition) is 2. The van der Waals surface area contributed by atoms with Crippen LogP contribution in [0.3, 0.4) is 0 Å². The molecule has 1 saturated carbocycles. The summed E-state index contributed by atoms with van der Waals surface area (Å²) in [5.74, 6) is 0.598. The molecule has 0 aromatic carbocycles. The zero-order valence-corrected chi connectivity index (χ0v) is 8.31. The molecule has 0 spiro atoms. The summed E-state index contributed by atoms with van der Waals surface area (Å²) in [6, 6.07) is 0. The highest BCUT2D eigenvalue weighted by Crippen LogP contribution is 2.37. The SMILES string of the molecule is CC(C)C1(OCN)CCCCC1. The van der Waals surface area contributed by atoms with Crippen molar-refractivity contribution >= 4 is 0 Å². The van der Waals surface area contributed by atoms with E-state index >= 15 is 0 Å². The molecule has 0 aliphatic heterocycles. The van der Waals surface area contributed by atoms with Gasteiger partial charge in [-0.3, -0.25) is 0 Å². The van der Waals surface area contributed by atoms with Crippen LogP contribution in [0.15, 0.2) is 0 Å². The van der Waals surface area contributed by atoms with Crippen molar-refractivity contribution in [2.24, 2.45) is 11.7 Å². The molecule has 0 radical (unpaired) electrons. The maximum absolute atomic E-state index is 5.71. The Balaban J connectivity index is 2.56. The minimum Gasteiger partial charge on any atom is -0.360 e. The fourth-order valence-corrected chi connectivity index (χ4v) is 2.20. The Morgan fingerprint density at radius 1 is 1.25 bits per heavy atom. The standard InChI is InChI=1S/C10H21NO/c1-9(2)10(12-8-11)6-4-3-5-7-10/h9H,3-8,11H2,1-2H3. The van der Waals surface area contributed by atoms with E-state index in [1.54, 1.807) is 0 Å². The van der Waals surface area contributed by atoms with E-state index in [-0.39, 0.29) is 5.60 Å². The average Bonchev–Trinajstić information content (AvgIpc) is 2.06. The van der Waals surface area contributed by atoms with E-state index in [0.717, 1.165) is 0 Å². The first kappa shape index (κ1) is 10.0. The Hall–Kier alpha value is -0.0800. The summed E-state index contributed by atoms with van der Waals surface area (Å²) in [5, 5.41) is 0. The van der Waals surface area contributed by atoms with Crippen LogP contribution in [0.25, 0.3) is 0 Å². The third-order valence-electron chi connectivity index (χ3n) is 3.12. The molecule has 1 fully saturated rings. The van der Waals surface area contributed by atoms with Crippen molar-refractivity contribution in [3.05, 3.63) is 0 Å². The van der Waals surface area contributed by atoms with Gasteiger partial charge >= 0.3 is 0 Å². The van der Waals surface area contributed by atoms with Crippen LogP contribution < -0.4 is 5.73 Å². The molecular weight excluding hydrogens is 150 g/mol. The van der Waals surface area contributed by atoms with Gasteiger partial charge in [0.15, 0.2) is 0 Å². The van der Waals surface area contributed by atoms with Crippen molar-refractivity contribution in [2.75, 3.05) is 6.73 Å². The molecule has 2 N–H and O–H groups in total. The van der Waals surface area contributed by atoms with E-state index in [2.05, 4.69) is 13.8 Å². The van der Waals surface area contributed by atoms with Gasteiger partial charge in [0.25, 0.3) is 0 Å². The summed E-state index contributed by atoms with van der Waals surface area (Å²) in [4.78, 5) is 0. The highest BCUT2D eigenvalue weighted by atomic mass is 16.5. The maximum atomic E-state index is 5.71. The lowest BCUT2D eigenvalue weighted by Gasteiger charge is -2.40. The molecular formula is C10H21NO. The quantitative estimate of drug-likeness (QED) is 0.661. The lowest BCUT2D eigenvalue weighted by atomic mass is 9.77. The molecule has 0 heterocycles. The van der Waals surface area contributed by atoms with Crippen molar-refractivity contribution in [1.29, 1.82) is 0 Å². The second-order valence-electron chi connectivity index (χ2n) is 4.09. The summed E-state index contributed by atoms with van der Waals surface area (Å²) < 4.78 is 5.71. The van der Waals surface area contributed by atoms with Crippen LogP contribution in [0, 0.1) is 5.92 Å². The highest BCUT2D eigenvalue weighted by molar-refractivity contribution is 4.87. The largest absolute Gasteiger partial charge is 0.360 e. The Bertz CT molecular complexity index is 122. The van der Waals surface area contributed by atoms with E-state index in [4.69, 9.17) is 10.5 Å². The van der Waals surface area contributed by atoms with Crippen molar-refractivity contribution < 1.29 is 4.74 Å². The van der Waals surface area contributed by atoms with Crippen LogP contribution in [0.2, 0.25) is 0 Å². The number of hydrogen-bond donors (Lipinski definition) is 1. The second-order valence-corrected chi connectivity index (χ2v) is 4.09. The van der Waals surface area contributed by atoms with E-state index in [1.165, 1.54) is 32.1 Å². The van der Waals surface area contributed by atoms with Crippen LogP contribution in [-0.2, 0) is 4.74 Å². The topological polar surface area (TPSA) is 35.2 Å². The Morgan fingerprint density at radius 3 is 2.25 bits per heavy atom. The van der Waals surface area contributed by atoms with Gasteiger partial charge in [0.1, 0.15) is 0 Å². The molecule has 72 valence electrons. The van der Waals surface area contributed by atoms with E-state index in [9.17, 15) is 0 Å². The van der Waals surface area contributed by atoms with Gasteiger partial charge in [-0.2, -0.15) is 0 Å². The first-order chi connectivity index (χ1) is 5.71. The molecule has 2 nitrogen and oxygen atoms in total. The summed E-state index contributed by atoms with van der Waals surface area (Å²) in [7, 11) is 0. The Morgan fingerprint density at radius 2 is 1.83 bits per heavy atom. The predicted octanol–water partition coefficient (Wildman–Crippen LogP) is 2.28. The molecule has 1 rings (SSSR count). The summed E-state index contributed by atoms with van der Waals surface area (Å²) >= 11 is 0. The zero-order chi connectivity index (χ0) is 9.03. The molecule has 2 heteroatoms. The van der Waals surface area contributed by atoms with Gasteiger partial charge in [0.05, 0.1) is 12.3 Å². The molecule has 0 unspecified atom stereocenters. The molecule has 0 saturated heterocycles. The normalized spacial score (nSPS) is 23.0. The monoisotopic (exact) mass is 171 g/mol. The van der Waals surface area contributed by atoms with Crippen LogP contribution in [0.5, 0.6) is 0 Å². The lowest BCUT2D eigenvalue weighted by Crippen LogP contribution is -2.41. The molecule has 0 bridgehead atoms. The van der Waals surface area contributed by atoms with Gasteiger partial charge in [0.2, 0.25) is 0 Å². The van der Waals surface area contributed by atoms with Gasteiger partial charge in [-0.25, -0.2) is 0 Å². The van der Waals surface area contributed by atoms with E-state index in [0.29, 0.717) is 12.6 Å². The van der Waals surface area contributed by atoms with Crippen molar-refractivity contribution in [3.63, 3.8) is 0 Å². The maximum Gasteiger partial charge on any atom is 0.0948 e. The Kier molecular flexibility index (Phi) is 3.53. The average molecular weight is 171 g/mol. The van der Waals surface area contributed by atoms with Gasteiger partial charge in [0, 0.05) is 0 Å². The predicted molar refractivity (Wildman–Crippen MR) is 50.8 cm³/mol. The van der Waals surface area contributed by atoms with Gasteiger partial charge < -0.3 is 10.5 Å². The third kappa shape index (κ3) is 1.99. The van der Waals surface area contributed by atoms with Crippen molar-refractivity contribution in [2.45, 2.75) is 51.6 Å². The minimum absolute atomic E-state index is 0.104.